The lowest BCUT2D eigenvalue weighted by atomic mass is 10.0. The van der Waals surface area contributed by atoms with E-state index in [1.54, 1.807) is 36.3 Å². The summed E-state index contributed by atoms with van der Waals surface area (Å²) in [6, 6.07) is 5.26. The normalized spacial score (nSPS) is 10.8. The number of carbonyl (C=O) groups excluding carboxylic acids is 1. The SMILES string of the molecule is Cn1cc(-c2cccc(CCOCCC(N)=O)c2F)cn1. The van der Waals surface area contributed by atoms with Crippen LogP contribution in [-0.4, -0.2) is 28.9 Å². The number of amides is 1. The number of benzene rings is 1. The molecule has 0 aliphatic carbocycles. The highest BCUT2D eigenvalue weighted by Crippen LogP contribution is 2.24. The van der Waals surface area contributed by atoms with E-state index in [4.69, 9.17) is 10.5 Å². The lowest BCUT2D eigenvalue weighted by Crippen LogP contribution is -2.14. The number of primary amides is 1. The van der Waals surface area contributed by atoms with E-state index in [1.165, 1.54) is 0 Å². The van der Waals surface area contributed by atoms with Crippen LogP contribution in [0.2, 0.25) is 0 Å². The van der Waals surface area contributed by atoms with Crippen LogP contribution in [0.25, 0.3) is 11.1 Å². The Balaban J connectivity index is 1.99. The second kappa shape index (κ2) is 6.99. The highest BCUT2D eigenvalue weighted by atomic mass is 19.1. The summed E-state index contributed by atoms with van der Waals surface area (Å²) in [6.45, 7) is 0.611. The number of halogens is 1. The van der Waals surface area contributed by atoms with Crippen LogP contribution >= 0.6 is 0 Å². The summed E-state index contributed by atoms with van der Waals surface area (Å²) in [5.41, 5.74) is 6.86. The van der Waals surface area contributed by atoms with Gasteiger partial charge in [-0.1, -0.05) is 18.2 Å². The zero-order chi connectivity index (χ0) is 15.2. The number of rotatable bonds is 7. The van der Waals surface area contributed by atoms with Gasteiger partial charge in [0.05, 0.1) is 19.4 Å². The quantitative estimate of drug-likeness (QED) is 0.789. The smallest absolute Gasteiger partial charge is 0.219 e. The van der Waals surface area contributed by atoms with Gasteiger partial charge in [-0.25, -0.2) is 4.39 Å². The van der Waals surface area contributed by atoms with Crippen LogP contribution in [0, 0.1) is 5.82 Å². The molecule has 2 N–H and O–H groups in total. The van der Waals surface area contributed by atoms with Gasteiger partial charge in [-0.3, -0.25) is 9.48 Å². The van der Waals surface area contributed by atoms with E-state index in [0.29, 0.717) is 24.2 Å². The van der Waals surface area contributed by atoms with Crippen LogP contribution in [0.15, 0.2) is 30.6 Å². The van der Waals surface area contributed by atoms with E-state index in [1.807, 2.05) is 6.07 Å². The topological polar surface area (TPSA) is 70.1 Å². The van der Waals surface area contributed by atoms with E-state index in [9.17, 15) is 9.18 Å². The van der Waals surface area contributed by atoms with Gasteiger partial charge in [-0.05, 0) is 12.0 Å². The molecule has 0 unspecified atom stereocenters. The van der Waals surface area contributed by atoms with Gasteiger partial charge in [0.1, 0.15) is 5.82 Å². The average molecular weight is 291 g/mol. The van der Waals surface area contributed by atoms with Crippen LogP contribution in [0.1, 0.15) is 12.0 Å². The maximum atomic E-state index is 14.4. The van der Waals surface area contributed by atoms with Crippen molar-refractivity contribution < 1.29 is 13.9 Å². The van der Waals surface area contributed by atoms with Gasteiger partial charge in [0, 0.05) is 30.8 Å². The minimum absolute atomic E-state index is 0.179. The number of nitrogens with two attached hydrogens (primary N) is 1. The highest BCUT2D eigenvalue weighted by Gasteiger charge is 2.11. The third-order valence-electron chi connectivity index (χ3n) is 3.10. The van der Waals surface area contributed by atoms with Crippen molar-refractivity contribution in [2.75, 3.05) is 13.2 Å². The van der Waals surface area contributed by atoms with Gasteiger partial charge in [0.2, 0.25) is 5.91 Å². The Labute approximate surface area is 122 Å². The zero-order valence-electron chi connectivity index (χ0n) is 11.9. The molecule has 0 radical (unpaired) electrons. The van der Waals surface area contributed by atoms with Crippen molar-refractivity contribution in [3.05, 3.63) is 42.0 Å². The predicted octanol–water partition coefficient (Wildman–Crippen LogP) is 1.66. The van der Waals surface area contributed by atoms with Crippen LogP contribution in [-0.2, 0) is 23.0 Å². The molecule has 5 nitrogen and oxygen atoms in total. The molecule has 1 aromatic carbocycles. The van der Waals surface area contributed by atoms with Gasteiger partial charge >= 0.3 is 0 Å². The fraction of sp³-hybridized carbons (Fsp3) is 0.333. The predicted molar refractivity (Wildman–Crippen MR) is 76.9 cm³/mol. The van der Waals surface area contributed by atoms with E-state index >= 15 is 0 Å². The first-order chi connectivity index (χ1) is 10.1. The molecule has 2 rings (SSSR count). The van der Waals surface area contributed by atoms with Crippen molar-refractivity contribution in [1.82, 2.24) is 9.78 Å². The molecule has 0 saturated carbocycles. The van der Waals surface area contributed by atoms with Crippen molar-refractivity contribution in [2.45, 2.75) is 12.8 Å². The Morgan fingerprint density at radius 1 is 1.43 bits per heavy atom. The Morgan fingerprint density at radius 3 is 2.90 bits per heavy atom. The number of carbonyl (C=O) groups is 1. The molecule has 1 amide bonds. The number of aromatic nitrogens is 2. The number of hydrogen-bond acceptors (Lipinski definition) is 3. The molecule has 0 aliphatic rings. The summed E-state index contributed by atoms with van der Waals surface area (Å²) in [6.07, 6.45) is 4.02. The van der Waals surface area contributed by atoms with Crippen molar-refractivity contribution in [1.29, 1.82) is 0 Å². The summed E-state index contributed by atoms with van der Waals surface area (Å²) in [7, 11) is 1.79. The van der Waals surface area contributed by atoms with E-state index in [0.717, 1.165) is 5.56 Å². The molecule has 6 heteroatoms. The average Bonchev–Trinajstić information content (AvgIpc) is 2.86. The van der Waals surface area contributed by atoms with Crippen LogP contribution in [0.5, 0.6) is 0 Å². The molecular weight excluding hydrogens is 273 g/mol. The third kappa shape index (κ3) is 4.13. The number of hydrogen-bond donors (Lipinski definition) is 1. The fourth-order valence-corrected chi connectivity index (χ4v) is 2.01. The van der Waals surface area contributed by atoms with Gasteiger partial charge in [0.25, 0.3) is 0 Å². The Kier molecular flexibility index (Phi) is 5.05. The minimum atomic E-state index is -0.403. The molecule has 0 fully saturated rings. The zero-order valence-corrected chi connectivity index (χ0v) is 11.9. The first kappa shape index (κ1) is 15.2. The van der Waals surface area contributed by atoms with E-state index < -0.39 is 5.91 Å². The van der Waals surface area contributed by atoms with Crippen LogP contribution in [0.4, 0.5) is 4.39 Å². The van der Waals surface area contributed by atoms with Gasteiger partial charge in [-0.15, -0.1) is 0 Å². The Morgan fingerprint density at radius 2 is 2.24 bits per heavy atom. The molecule has 0 spiro atoms. The molecule has 2 aromatic rings. The summed E-state index contributed by atoms with van der Waals surface area (Å²) >= 11 is 0. The molecule has 112 valence electrons. The van der Waals surface area contributed by atoms with Crippen molar-refractivity contribution in [3.8, 4) is 11.1 Å². The molecule has 0 bridgehead atoms. The summed E-state index contributed by atoms with van der Waals surface area (Å²) in [4.78, 5) is 10.6. The summed E-state index contributed by atoms with van der Waals surface area (Å²) < 4.78 is 21.3. The summed E-state index contributed by atoms with van der Waals surface area (Å²) in [5.74, 6) is -0.663. The molecule has 1 aromatic heterocycles. The molecule has 21 heavy (non-hydrogen) atoms. The molecular formula is C15H18FN3O2. The van der Waals surface area contributed by atoms with Crippen molar-refractivity contribution >= 4 is 5.91 Å². The Bertz CT molecular complexity index is 625. The van der Waals surface area contributed by atoms with E-state index in [2.05, 4.69) is 5.10 Å². The monoisotopic (exact) mass is 291 g/mol. The Hall–Kier alpha value is -2.21. The van der Waals surface area contributed by atoms with Gasteiger partial charge in [-0.2, -0.15) is 5.10 Å². The fourth-order valence-electron chi connectivity index (χ4n) is 2.01. The largest absolute Gasteiger partial charge is 0.381 e. The maximum absolute atomic E-state index is 14.4. The third-order valence-corrected chi connectivity index (χ3v) is 3.10. The van der Waals surface area contributed by atoms with Crippen molar-refractivity contribution in [3.63, 3.8) is 0 Å². The second-order valence-electron chi connectivity index (χ2n) is 4.76. The van der Waals surface area contributed by atoms with Gasteiger partial charge in [0.15, 0.2) is 0 Å². The molecule has 1 heterocycles. The second-order valence-corrected chi connectivity index (χ2v) is 4.76. The first-order valence-corrected chi connectivity index (χ1v) is 6.70. The molecule has 0 saturated heterocycles. The number of aryl methyl sites for hydroxylation is 1. The lowest BCUT2D eigenvalue weighted by molar-refractivity contribution is -0.119. The van der Waals surface area contributed by atoms with Gasteiger partial charge < -0.3 is 10.5 Å². The molecule has 0 aliphatic heterocycles. The minimum Gasteiger partial charge on any atom is -0.381 e. The van der Waals surface area contributed by atoms with E-state index in [-0.39, 0.29) is 18.8 Å². The van der Waals surface area contributed by atoms with Crippen molar-refractivity contribution in [2.24, 2.45) is 12.8 Å². The van der Waals surface area contributed by atoms with Crippen LogP contribution in [0.3, 0.4) is 0 Å². The maximum Gasteiger partial charge on any atom is 0.219 e. The standard InChI is InChI=1S/C15H18FN3O2/c1-19-10-12(9-18-19)13-4-2-3-11(15(13)16)5-7-21-8-6-14(17)20/h2-4,9-10H,5-8H2,1H3,(H2,17,20). The first-order valence-electron chi connectivity index (χ1n) is 6.70. The van der Waals surface area contributed by atoms with Crippen LogP contribution < -0.4 is 5.73 Å². The molecule has 0 atom stereocenters. The summed E-state index contributed by atoms with van der Waals surface area (Å²) in [5, 5.41) is 4.05. The number of ether oxygens (including phenoxy) is 1. The lowest BCUT2D eigenvalue weighted by Gasteiger charge is -2.07. The highest BCUT2D eigenvalue weighted by molar-refractivity contribution is 5.73. The number of nitrogens with zero attached hydrogens (tertiary/aromatic N) is 2.